The highest BCUT2D eigenvalue weighted by Gasteiger charge is 2.41. The molecule has 0 bridgehead atoms. The zero-order chi connectivity index (χ0) is 17.8. The number of carbonyl (C=O) groups excluding carboxylic acids is 1. The first-order valence-electron chi connectivity index (χ1n) is 8.53. The molecule has 0 spiro atoms. The maximum absolute atomic E-state index is 13.2. The molecule has 1 saturated heterocycles. The number of hydrogen-bond acceptors (Lipinski definition) is 5. The Morgan fingerprint density at radius 2 is 1.85 bits per heavy atom. The predicted octanol–water partition coefficient (Wildman–Crippen LogP) is 2.35. The Morgan fingerprint density at radius 3 is 2.50 bits per heavy atom. The minimum absolute atomic E-state index is 0.0500. The molecule has 1 fully saturated rings. The second-order valence-electron chi connectivity index (χ2n) is 6.26. The Bertz CT molecular complexity index is 857. The summed E-state index contributed by atoms with van der Waals surface area (Å²) in [6.07, 6.45) is 9.57. The average molecular weight is 349 g/mol. The van der Waals surface area contributed by atoms with Gasteiger partial charge in [-0.2, -0.15) is 0 Å². The van der Waals surface area contributed by atoms with Crippen LogP contribution in [0.25, 0.3) is 5.95 Å². The monoisotopic (exact) mass is 349 g/mol. The summed E-state index contributed by atoms with van der Waals surface area (Å²) in [7, 11) is 0. The molecule has 1 amide bonds. The summed E-state index contributed by atoms with van der Waals surface area (Å²) in [6, 6.07) is 9.88. The van der Waals surface area contributed by atoms with E-state index in [9.17, 15) is 4.79 Å². The van der Waals surface area contributed by atoms with Crippen molar-refractivity contribution >= 4 is 11.6 Å². The van der Waals surface area contributed by atoms with Gasteiger partial charge in [0.05, 0.1) is 23.5 Å². The molecule has 2 aromatic heterocycles. The maximum atomic E-state index is 13.2. The third-order valence-electron chi connectivity index (χ3n) is 4.74. The number of nitrogens with zero attached hydrogens (tertiary/aromatic N) is 4. The number of ether oxygens (including phenoxy) is 1. The third kappa shape index (κ3) is 3.09. The van der Waals surface area contributed by atoms with Gasteiger partial charge in [-0.3, -0.25) is 9.36 Å². The molecule has 1 aromatic carbocycles. The Kier molecular flexibility index (Phi) is 4.45. The summed E-state index contributed by atoms with van der Waals surface area (Å²) >= 11 is 0. The van der Waals surface area contributed by atoms with Crippen LogP contribution >= 0.6 is 0 Å². The van der Waals surface area contributed by atoms with Crippen molar-refractivity contribution in [2.24, 2.45) is 0 Å². The smallest absolute Gasteiger partial charge is 0.235 e. The van der Waals surface area contributed by atoms with Crippen molar-refractivity contribution < 1.29 is 9.53 Å². The lowest BCUT2D eigenvalue weighted by molar-refractivity contribution is -0.125. The third-order valence-corrected chi connectivity index (χ3v) is 4.74. The minimum Gasteiger partial charge on any atom is -0.381 e. The number of rotatable bonds is 4. The maximum Gasteiger partial charge on any atom is 0.235 e. The highest BCUT2D eigenvalue weighted by atomic mass is 16.5. The molecule has 0 saturated carbocycles. The Balaban J connectivity index is 1.57. The summed E-state index contributed by atoms with van der Waals surface area (Å²) in [5.74, 6) is 0.454. The van der Waals surface area contributed by atoms with Gasteiger partial charge in [0.2, 0.25) is 11.9 Å². The summed E-state index contributed by atoms with van der Waals surface area (Å²) < 4.78 is 7.19. The summed E-state index contributed by atoms with van der Waals surface area (Å²) in [6.45, 7) is 1.14. The number of carbonyl (C=O) groups is 1. The zero-order valence-electron chi connectivity index (χ0n) is 14.2. The fraction of sp³-hybridized carbons (Fsp3) is 0.263. The molecule has 3 heterocycles. The van der Waals surface area contributed by atoms with E-state index in [-0.39, 0.29) is 5.91 Å². The molecule has 1 N–H and O–H groups in total. The van der Waals surface area contributed by atoms with Crippen molar-refractivity contribution in [3.05, 3.63) is 67.0 Å². The molecule has 0 radical (unpaired) electrons. The van der Waals surface area contributed by atoms with Gasteiger partial charge in [0.25, 0.3) is 0 Å². The number of hydrogen-bond donors (Lipinski definition) is 1. The van der Waals surface area contributed by atoms with Crippen LogP contribution in [0.15, 0.2) is 61.4 Å². The van der Waals surface area contributed by atoms with Crippen LogP contribution < -0.4 is 5.32 Å². The minimum atomic E-state index is -0.595. The van der Waals surface area contributed by atoms with Gasteiger partial charge in [0.1, 0.15) is 6.33 Å². The molecule has 26 heavy (non-hydrogen) atoms. The molecule has 1 aliphatic rings. The SMILES string of the molecule is O=C(Nc1cnc(-n2ccnc2)nc1)C1(c2ccccc2)CCOCC1. The molecule has 0 atom stereocenters. The van der Waals surface area contributed by atoms with Gasteiger partial charge in [0, 0.05) is 25.6 Å². The van der Waals surface area contributed by atoms with E-state index in [2.05, 4.69) is 20.3 Å². The van der Waals surface area contributed by atoms with Gasteiger partial charge in [-0.05, 0) is 18.4 Å². The normalized spacial score (nSPS) is 16.2. The predicted molar refractivity (Wildman–Crippen MR) is 96.0 cm³/mol. The first-order valence-corrected chi connectivity index (χ1v) is 8.53. The molecule has 0 aliphatic carbocycles. The van der Waals surface area contributed by atoms with Crippen LogP contribution in [0.4, 0.5) is 5.69 Å². The lowest BCUT2D eigenvalue weighted by Gasteiger charge is -2.36. The van der Waals surface area contributed by atoms with Gasteiger partial charge in [-0.25, -0.2) is 15.0 Å². The zero-order valence-corrected chi connectivity index (χ0v) is 14.2. The largest absolute Gasteiger partial charge is 0.381 e. The van der Waals surface area contributed by atoms with Crippen molar-refractivity contribution in [3.8, 4) is 5.95 Å². The fourth-order valence-corrected chi connectivity index (χ4v) is 3.27. The Morgan fingerprint density at radius 1 is 1.12 bits per heavy atom. The second kappa shape index (κ2) is 7.05. The highest BCUT2D eigenvalue weighted by Crippen LogP contribution is 2.36. The van der Waals surface area contributed by atoms with Crippen molar-refractivity contribution in [1.82, 2.24) is 19.5 Å². The molecule has 7 nitrogen and oxygen atoms in total. The average Bonchev–Trinajstić information content (AvgIpc) is 3.24. The van der Waals surface area contributed by atoms with E-state index in [0.717, 1.165) is 5.56 Å². The molecule has 4 rings (SSSR count). The first-order chi connectivity index (χ1) is 12.8. The number of benzene rings is 1. The van der Waals surface area contributed by atoms with Gasteiger partial charge in [0.15, 0.2) is 0 Å². The molecular formula is C19H19N5O2. The number of imidazole rings is 1. The van der Waals surface area contributed by atoms with Gasteiger partial charge in [-0.15, -0.1) is 0 Å². The number of aromatic nitrogens is 4. The number of anilines is 1. The van der Waals surface area contributed by atoms with Crippen LogP contribution in [0.1, 0.15) is 18.4 Å². The van der Waals surface area contributed by atoms with Gasteiger partial charge in [-0.1, -0.05) is 30.3 Å². The summed E-state index contributed by atoms with van der Waals surface area (Å²) in [5, 5.41) is 2.98. The van der Waals surface area contributed by atoms with Crippen molar-refractivity contribution in [3.63, 3.8) is 0 Å². The van der Waals surface area contributed by atoms with E-state index in [1.807, 2.05) is 30.3 Å². The summed E-state index contributed by atoms with van der Waals surface area (Å²) in [4.78, 5) is 25.7. The second-order valence-corrected chi connectivity index (χ2v) is 6.26. The van der Waals surface area contributed by atoms with Crippen molar-refractivity contribution in [1.29, 1.82) is 0 Å². The lowest BCUT2D eigenvalue weighted by Crippen LogP contribution is -2.44. The summed E-state index contributed by atoms with van der Waals surface area (Å²) in [5.41, 5.74) is 0.986. The molecule has 132 valence electrons. The van der Waals surface area contributed by atoms with Crippen LogP contribution in [0.5, 0.6) is 0 Å². The Labute approximate surface area is 151 Å². The van der Waals surface area contributed by atoms with Crippen LogP contribution in [0.2, 0.25) is 0 Å². The van der Waals surface area contributed by atoms with E-state index in [0.29, 0.717) is 37.7 Å². The first kappa shape index (κ1) is 16.4. The number of amides is 1. The van der Waals surface area contributed by atoms with Crippen LogP contribution in [0.3, 0.4) is 0 Å². The van der Waals surface area contributed by atoms with E-state index in [1.165, 1.54) is 0 Å². The standard InChI is InChI=1S/C19H19N5O2/c25-17(19(6-10-26-11-7-19)15-4-2-1-3-5-15)23-16-12-21-18(22-13-16)24-9-8-20-14-24/h1-5,8-9,12-14H,6-7,10-11H2,(H,23,25). The van der Waals surface area contributed by atoms with Crippen LogP contribution in [-0.4, -0.2) is 38.6 Å². The van der Waals surface area contributed by atoms with E-state index < -0.39 is 5.41 Å². The molecule has 1 aliphatic heterocycles. The van der Waals surface area contributed by atoms with Crippen molar-refractivity contribution in [2.75, 3.05) is 18.5 Å². The van der Waals surface area contributed by atoms with Gasteiger partial charge < -0.3 is 10.1 Å². The molecule has 3 aromatic rings. The van der Waals surface area contributed by atoms with Crippen LogP contribution in [-0.2, 0) is 14.9 Å². The van der Waals surface area contributed by atoms with Crippen LogP contribution in [0, 0.1) is 0 Å². The highest BCUT2D eigenvalue weighted by molar-refractivity contribution is 5.99. The fourth-order valence-electron chi connectivity index (χ4n) is 3.27. The Hall–Kier alpha value is -3.06. The number of nitrogens with one attached hydrogen (secondary N) is 1. The van der Waals surface area contributed by atoms with E-state index in [1.54, 1.807) is 35.7 Å². The topological polar surface area (TPSA) is 81.9 Å². The molecular weight excluding hydrogens is 330 g/mol. The van der Waals surface area contributed by atoms with E-state index in [4.69, 9.17) is 4.74 Å². The quantitative estimate of drug-likeness (QED) is 0.782. The molecule has 0 unspecified atom stereocenters. The van der Waals surface area contributed by atoms with E-state index >= 15 is 0 Å². The lowest BCUT2D eigenvalue weighted by atomic mass is 9.73. The van der Waals surface area contributed by atoms with Crippen molar-refractivity contribution in [2.45, 2.75) is 18.3 Å². The molecule has 7 heteroatoms. The van der Waals surface area contributed by atoms with Gasteiger partial charge >= 0.3 is 0 Å².